The van der Waals surface area contributed by atoms with E-state index in [0.29, 0.717) is 13.1 Å². The maximum Gasteiger partial charge on any atom is 0.235 e. The third-order valence-electron chi connectivity index (χ3n) is 1.13. The van der Waals surface area contributed by atoms with Crippen molar-refractivity contribution >= 4 is 12.2 Å². The van der Waals surface area contributed by atoms with Crippen LogP contribution in [0.4, 0.5) is 0 Å². The molecule has 64 valence electrons. The van der Waals surface area contributed by atoms with Crippen LogP contribution in [0.3, 0.4) is 0 Å². The highest BCUT2D eigenvalue weighted by atomic mass is 16.1. The Kier molecular flexibility index (Phi) is 8.31. The molecule has 0 aromatic carbocycles. The van der Waals surface area contributed by atoms with E-state index in [0.717, 1.165) is 12.8 Å². The zero-order valence-electron chi connectivity index (χ0n) is 6.69. The summed E-state index contributed by atoms with van der Waals surface area (Å²) in [5.74, 6) is 0. The molecule has 4 nitrogen and oxygen atoms in total. The molecule has 0 radical (unpaired) electrons. The Morgan fingerprint density at radius 2 is 1.83 bits per heavy atom. The molecule has 0 fully saturated rings. The van der Waals surface area contributed by atoms with Gasteiger partial charge in [0.1, 0.15) is 0 Å². The van der Waals surface area contributed by atoms with Gasteiger partial charge in [0.15, 0.2) is 0 Å². The maximum atomic E-state index is 9.61. The van der Waals surface area contributed by atoms with Crippen LogP contribution < -0.4 is 0 Å². The minimum Gasteiger partial charge on any atom is -0.211 e. The van der Waals surface area contributed by atoms with E-state index in [1.54, 1.807) is 6.08 Å². The molecule has 0 unspecified atom stereocenters. The zero-order valence-corrected chi connectivity index (χ0v) is 6.69. The van der Waals surface area contributed by atoms with Gasteiger partial charge in [0.2, 0.25) is 12.2 Å². The van der Waals surface area contributed by atoms with Crippen LogP contribution in [-0.2, 0) is 9.59 Å². The largest absolute Gasteiger partial charge is 0.235 e. The standard InChI is InChI=1S/C8H10N2O2/c11-7-9-5-3-1-2-4-6-10-8-12/h1,3H,2,4-6H2. The minimum atomic E-state index is 0.375. The Balaban J connectivity index is 3.23. The van der Waals surface area contributed by atoms with Crippen molar-refractivity contribution in [3.05, 3.63) is 12.2 Å². The molecule has 12 heavy (non-hydrogen) atoms. The van der Waals surface area contributed by atoms with E-state index in [4.69, 9.17) is 0 Å². The van der Waals surface area contributed by atoms with E-state index in [2.05, 4.69) is 9.98 Å². The van der Waals surface area contributed by atoms with Gasteiger partial charge in [-0.2, -0.15) is 0 Å². The summed E-state index contributed by atoms with van der Waals surface area (Å²) in [7, 11) is 0. The van der Waals surface area contributed by atoms with E-state index in [1.807, 2.05) is 6.08 Å². The van der Waals surface area contributed by atoms with Gasteiger partial charge in [0.25, 0.3) is 0 Å². The van der Waals surface area contributed by atoms with Gasteiger partial charge in [0, 0.05) is 0 Å². The first-order valence-electron chi connectivity index (χ1n) is 3.64. The highest BCUT2D eigenvalue weighted by molar-refractivity contribution is 5.33. The molecule has 0 saturated heterocycles. The van der Waals surface area contributed by atoms with Crippen molar-refractivity contribution in [2.45, 2.75) is 12.8 Å². The number of unbranched alkanes of at least 4 members (excludes halogenated alkanes) is 1. The van der Waals surface area contributed by atoms with Crippen LogP contribution in [0.15, 0.2) is 22.1 Å². The van der Waals surface area contributed by atoms with Crippen molar-refractivity contribution < 1.29 is 9.59 Å². The van der Waals surface area contributed by atoms with Gasteiger partial charge in [-0.15, -0.1) is 0 Å². The highest BCUT2D eigenvalue weighted by Gasteiger charge is 1.80. The number of aliphatic imine (C=N–C) groups is 2. The number of carbonyl (C=O) groups excluding carboxylic acids is 2. The Morgan fingerprint density at radius 1 is 1.08 bits per heavy atom. The van der Waals surface area contributed by atoms with E-state index in [9.17, 15) is 9.59 Å². The molecule has 4 heteroatoms. The molecule has 0 saturated carbocycles. The number of nitrogens with zero attached hydrogens (tertiary/aromatic N) is 2. The van der Waals surface area contributed by atoms with Crippen LogP contribution in [0, 0.1) is 0 Å². The molecule has 0 N–H and O–H groups in total. The molecule has 0 atom stereocenters. The summed E-state index contributed by atoms with van der Waals surface area (Å²) in [6.07, 6.45) is 8.21. The lowest BCUT2D eigenvalue weighted by Gasteiger charge is -1.86. The molecule has 0 aliphatic rings. The fourth-order valence-corrected chi connectivity index (χ4v) is 0.616. The Bertz CT molecular complexity index is 223. The zero-order chi connectivity index (χ0) is 9.07. The highest BCUT2D eigenvalue weighted by Crippen LogP contribution is 1.90. The number of isocyanates is 2. The molecule has 0 amide bonds. The van der Waals surface area contributed by atoms with Crippen molar-refractivity contribution in [1.82, 2.24) is 0 Å². The first-order valence-corrected chi connectivity index (χ1v) is 3.64. The van der Waals surface area contributed by atoms with Gasteiger partial charge in [0.05, 0.1) is 13.1 Å². The number of hydrogen-bond acceptors (Lipinski definition) is 4. The van der Waals surface area contributed by atoms with Crippen LogP contribution in [0.2, 0.25) is 0 Å². The lowest BCUT2D eigenvalue weighted by atomic mass is 10.3. The fraction of sp³-hybridized carbons (Fsp3) is 0.500. The smallest absolute Gasteiger partial charge is 0.211 e. The van der Waals surface area contributed by atoms with Crippen molar-refractivity contribution in [1.29, 1.82) is 0 Å². The lowest BCUT2D eigenvalue weighted by Crippen LogP contribution is -1.78. The van der Waals surface area contributed by atoms with Crippen molar-refractivity contribution in [2.75, 3.05) is 13.1 Å². The van der Waals surface area contributed by atoms with Crippen LogP contribution >= 0.6 is 0 Å². The van der Waals surface area contributed by atoms with Gasteiger partial charge in [-0.25, -0.2) is 19.6 Å². The average molecular weight is 166 g/mol. The Morgan fingerprint density at radius 3 is 2.50 bits per heavy atom. The second-order valence-corrected chi connectivity index (χ2v) is 2.02. The second kappa shape index (κ2) is 9.50. The van der Waals surface area contributed by atoms with E-state index in [1.165, 1.54) is 12.2 Å². The second-order valence-electron chi connectivity index (χ2n) is 2.02. The van der Waals surface area contributed by atoms with Crippen LogP contribution in [0.5, 0.6) is 0 Å². The number of allylic oxidation sites excluding steroid dienone is 1. The summed E-state index contributed by atoms with van der Waals surface area (Å²) in [4.78, 5) is 25.9. The maximum absolute atomic E-state index is 9.61. The fourth-order valence-electron chi connectivity index (χ4n) is 0.616. The quantitative estimate of drug-likeness (QED) is 0.256. The predicted molar refractivity (Wildman–Crippen MR) is 44.4 cm³/mol. The van der Waals surface area contributed by atoms with Gasteiger partial charge in [-0.1, -0.05) is 12.2 Å². The molecule has 0 heterocycles. The van der Waals surface area contributed by atoms with E-state index >= 15 is 0 Å². The molecule has 0 rings (SSSR count). The van der Waals surface area contributed by atoms with Gasteiger partial charge in [-0.05, 0) is 12.8 Å². The topological polar surface area (TPSA) is 58.9 Å². The number of rotatable bonds is 6. The Hall–Kier alpha value is -1.50. The molecule has 0 aromatic rings. The van der Waals surface area contributed by atoms with Crippen LogP contribution in [0.25, 0.3) is 0 Å². The van der Waals surface area contributed by atoms with Crippen molar-refractivity contribution in [2.24, 2.45) is 9.98 Å². The minimum absolute atomic E-state index is 0.375. The summed E-state index contributed by atoms with van der Waals surface area (Å²) >= 11 is 0. The third-order valence-corrected chi connectivity index (χ3v) is 1.13. The summed E-state index contributed by atoms with van der Waals surface area (Å²) in [6.45, 7) is 0.880. The van der Waals surface area contributed by atoms with Crippen molar-refractivity contribution in [3.63, 3.8) is 0 Å². The summed E-state index contributed by atoms with van der Waals surface area (Å²) in [5.41, 5.74) is 0. The third kappa shape index (κ3) is 8.50. The number of hydrogen-bond donors (Lipinski definition) is 0. The van der Waals surface area contributed by atoms with Crippen LogP contribution in [0.1, 0.15) is 12.8 Å². The molecular weight excluding hydrogens is 156 g/mol. The predicted octanol–water partition coefficient (Wildman–Crippen LogP) is 0.994. The molecule has 0 aliphatic carbocycles. The van der Waals surface area contributed by atoms with Crippen molar-refractivity contribution in [3.8, 4) is 0 Å². The Labute approximate surface area is 70.7 Å². The summed E-state index contributed by atoms with van der Waals surface area (Å²) < 4.78 is 0. The first kappa shape index (κ1) is 10.5. The van der Waals surface area contributed by atoms with E-state index in [-0.39, 0.29) is 0 Å². The van der Waals surface area contributed by atoms with Crippen LogP contribution in [-0.4, -0.2) is 25.2 Å². The summed E-state index contributed by atoms with van der Waals surface area (Å²) in [5, 5.41) is 0. The molecule has 0 spiro atoms. The average Bonchev–Trinajstić information content (AvgIpc) is 2.10. The van der Waals surface area contributed by atoms with Gasteiger partial charge in [-0.3, -0.25) is 0 Å². The summed E-state index contributed by atoms with van der Waals surface area (Å²) in [6, 6.07) is 0. The van der Waals surface area contributed by atoms with Gasteiger partial charge < -0.3 is 0 Å². The lowest BCUT2D eigenvalue weighted by molar-refractivity contribution is 0.562. The molecule has 0 aliphatic heterocycles. The molecule has 0 aromatic heterocycles. The molecular formula is C8H10N2O2. The monoisotopic (exact) mass is 166 g/mol. The molecule has 0 bridgehead atoms. The SMILES string of the molecule is O=C=NCC=CCCCN=C=O. The normalized spacial score (nSPS) is 9.00. The first-order chi connectivity index (χ1) is 5.91. The van der Waals surface area contributed by atoms with Gasteiger partial charge >= 0.3 is 0 Å². The van der Waals surface area contributed by atoms with E-state index < -0.39 is 0 Å².